The predicted molar refractivity (Wildman–Crippen MR) is 73.4 cm³/mol. The lowest BCUT2D eigenvalue weighted by Crippen LogP contribution is -2.06. The minimum atomic E-state index is -4.46. The van der Waals surface area contributed by atoms with E-state index in [1.54, 1.807) is 0 Å². The van der Waals surface area contributed by atoms with Crippen molar-refractivity contribution < 1.29 is 25.9 Å². The normalized spacial score (nSPS) is 12.7. The van der Waals surface area contributed by atoms with Crippen molar-refractivity contribution in [3.8, 4) is 0 Å². The number of nitrogen functional groups attached to an aromatic ring is 1. The first-order valence-electron chi connectivity index (χ1n) is 5.32. The number of hydrogen-bond acceptors (Lipinski definition) is 5. The Morgan fingerprint density at radius 2 is 1.60 bits per heavy atom. The lowest BCUT2D eigenvalue weighted by atomic mass is 10.0. The first kappa shape index (κ1) is 14.7. The van der Waals surface area contributed by atoms with Crippen LogP contribution in [0.5, 0.6) is 0 Å². The Balaban J connectivity index is 2.87. The zero-order valence-electron chi connectivity index (χ0n) is 10.0. The summed E-state index contributed by atoms with van der Waals surface area (Å²) in [6.07, 6.45) is 0. The van der Waals surface area contributed by atoms with E-state index in [4.69, 9.17) is 14.8 Å². The fourth-order valence-electron chi connectivity index (χ4n) is 1.98. The molecule has 0 unspecified atom stereocenters. The van der Waals surface area contributed by atoms with Gasteiger partial charge in [-0.15, -0.1) is 0 Å². The highest BCUT2D eigenvalue weighted by Gasteiger charge is 2.18. The molecule has 0 heterocycles. The van der Waals surface area contributed by atoms with E-state index in [-0.39, 0.29) is 26.9 Å². The van der Waals surface area contributed by atoms with Crippen molar-refractivity contribution in [3.63, 3.8) is 0 Å². The monoisotopic (exact) mass is 317 g/mol. The van der Waals surface area contributed by atoms with Gasteiger partial charge in [0.1, 0.15) is 10.6 Å². The van der Waals surface area contributed by atoms with Crippen molar-refractivity contribution in [2.75, 3.05) is 5.73 Å². The highest BCUT2D eigenvalue weighted by atomic mass is 32.2. The Morgan fingerprint density at radius 1 is 0.950 bits per heavy atom. The van der Waals surface area contributed by atoms with E-state index in [2.05, 4.69) is 0 Å². The van der Waals surface area contributed by atoms with E-state index in [1.807, 2.05) is 0 Å². The Labute approximate surface area is 115 Å². The highest BCUT2D eigenvalue weighted by Crippen LogP contribution is 2.30. The maximum Gasteiger partial charge on any atom is 0.295 e. The summed E-state index contributed by atoms with van der Waals surface area (Å²) in [5.41, 5.74) is 5.84. The van der Waals surface area contributed by atoms with Crippen molar-refractivity contribution in [1.29, 1.82) is 0 Å². The van der Waals surface area contributed by atoms with Crippen LogP contribution in [0.1, 0.15) is 5.56 Å². The highest BCUT2D eigenvalue weighted by molar-refractivity contribution is 7.86. The number of benzene rings is 2. The Bertz CT molecular complexity index is 887. The number of fused-ring (bicyclic) bond motifs is 1. The van der Waals surface area contributed by atoms with Crippen molar-refractivity contribution in [3.05, 3.63) is 35.9 Å². The third-order valence-electron chi connectivity index (χ3n) is 2.77. The molecular weight excluding hydrogens is 306 g/mol. The quantitative estimate of drug-likeness (QED) is 0.569. The SMILES string of the molecule is Nc1ccc2c(S(=O)(=O)O)cccc2c1CS(=O)(=O)O. The van der Waals surface area contributed by atoms with Crippen LogP contribution in [0.3, 0.4) is 0 Å². The average molecular weight is 317 g/mol. The van der Waals surface area contributed by atoms with E-state index in [0.29, 0.717) is 0 Å². The van der Waals surface area contributed by atoms with Gasteiger partial charge >= 0.3 is 0 Å². The lowest BCUT2D eigenvalue weighted by Gasteiger charge is -2.10. The first-order valence-corrected chi connectivity index (χ1v) is 8.37. The average Bonchev–Trinajstić information content (AvgIpc) is 2.29. The Kier molecular flexibility index (Phi) is 3.46. The van der Waals surface area contributed by atoms with Crippen molar-refractivity contribution in [2.24, 2.45) is 0 Å². The van der Waals surface area contributed by atoms with Gasteiger partial charge in [0.05, 0.1) is 0 Å². The van der Waals surface area contributed by atoms with Crippen molar-refractivity contribution in [2.45, 2.75) is 10.6 Å². The van der Waals surface area contributed by atoms with Gasteiger partial charge in [-0.1, -0.05) is 18.2 Å². The van der Waals surface area contributed by atoms with E-state index in [0.717, 1.165) is 0 Å². The molecule has 20 heavy (non-hydrogen) atoms. The second-order valence-corrected chi connectivity index (χ2v) is 7.03. The van der Waals surface area contributed by atoms with Gasteiger partial charge in [-0.3, -0.25) is 9.11 Å². The minimum Gasteiger partial charge on any atom is -0.398 e. The predicted octanol–water partition coefficient (Wildman–Crippen LogP) is 1.06. The molecule has 2 aromatic rings. The molecule has 2 rings (SSSR count). The molecule has 0 radical (unpaired) electrons. The zero-order chi connectivity index (χ0) is 15.1. The lowest BCUT2D eigenvalue weighted by molar-refractivity contribution is 0.481. The molecule has 9 heteroatoms. The molecule has 0 amide bonds. The molecule has 0 aliphatic rings. The maximum absolute atomic E-state index is 11.3. The molecule has 0 aromatic heterocycles. The number of hydrogen-bond donors (Lipinski definition) is 3. The Hall–Kier alpha value is -1.68. The van der Waals surface area contributed by atoms with E-state index >= 15 is 0 Å². The van der Waals surface area contributed by atoms with Gasteiger partial charge in [0.15, 0.2) is 0 Å². The van der Waals surface area contributed by atoms with Crippen LogP contribution in [0, 0.1) is 0 Å². The van der Waals surface area contributed by atoms with Crippen LogP contribution in [0.15, 0.2) is 35.2 Å². The summed E-state index contributed by atoms with van der Waals surface area (Å²) < 4.78 is 62.7. The second kappa shape index (κ2) is 4.70. The van der Waals surface area contributed by atoms with Crippen LogP contribution < -0.4 is 5.73 Å². The molecule has 108 valence electrons. The standard InChI is InChI=1S/C11H11NO6S2/c12-10-5-4-8-7(9(10)6-19(13,14)15)2-1-3-11(8)20(16,17)18/h1-5H,6,12H2,(H,13,14,15)(H,16,17,18). The fourth-order valence-corrected chi connectivity index (χ4v) is 3.37. The summed E-state index contributed by atoms with van der Waals surface area (Å²) in [7, 11) is -8.79. The van der Waals surface area contributed by atoms with Crippen LogP contribution >= 0.6 is 0 Å². The van der Waals surface area contributed by atoms with Crippen LogP contribution in [-0.2, 0) is 26.0 Å². The summed E-state index contributed by atoms with van der Waals surface area (Å²) in [6, 6.07) is 6.67. The van der Waals surface area contributed by atoms with Gasteiger partial charge in [-0.2, -0.15) is 16.8 Å². The van der Waals surface area contributed by atoms with Gasteiger partial charge in [0.2, 0.25) is 0 Å². The van der Waals surface area contributed by atoms with Crippen molar-refractivity contribution >= 4 is 36.7 Å². The maximum atomic E-state index is 11.3. The molecule has 0 aliphatic carbocycles. The molecule has 0 bridgehead atoms. The van der Waals surface area contributed by atoms with Crippen LogP contribution in [-0.4, -0.2) is 25.9 Å². The van der Waals surface area contributed by atoms with Gasteiger partial charge in [0.25, 0.3) is 20.2 Å². The van der Waals surface area contributed by atoms with Crippen LogP contribution in [0.4, 0.5) is 5.69 Å². The second-order valence-electron chi connectivity index (χ2n) is 4.19. The summed E-state index contributed by atoms with van der Waals surface area (Å²) in [5, 5.41) is 0.362. The van der Waals surface area contributed by atoms with Gasteiger partial charge in [0, 0.05) is 16.6 Å². The molecule has 0 saturated carbocycles. The number of nitrogens with two attached hydrogens (primary N) is 1. The number of anilines is 1. The van der Waals surface area contributed by atoms with Gasteiger partial charge < -0.3 is 5.73 Å². The summed E-state index contributed by atoms with van der Waals surface area (Å²) in [5.74, 6) is -0.745. The van der Waals surface area contributed by atoms with E-state index < -0.39 is 26.0 Å². The molecular formula is C11H11NO6S2. The molecule has 0 saturated heterocycles. The van der Waals surface area contributed by atoms with Crippen LogP contribution in [0.2, 0.25) is 0 Å². The largest absolute Gasteiger partial charge is 0.398 e. The summed E-state index contributed by atoms with van der Waals surface area (Å²) >= 11 is 0. The Morgan fingerprint density at radius 3 is 2.15 bits per heavy atom. The molecule has 0 aliphatic heterocycles. The zero-order valence-corrected chi connectivity index (χ0v) is 11.6. The fraction of sp³-hybridized carbons (Fsp3) is 0.0909. The van der Waals surface area contributed by atoms with Gasteiger partial charge in [-0.05, 0) is 17.5 Å². The summed E-state index contributed by atoms with van der Waals surface area (Å²) in [4.78, 5) is -0.355. The molecule has 0 spiro atoms. The topological polar surface area (TPSA) is 135 Å². The van der Waals surface area contributed by atoms with E-state index in [1.165, 1.54) is 30.3 Å². The molecule has 4 N–H and O–H groups in total. The molecule has 0 atom stereocenters. The summed E-state index contributed by atoms with van der Waals surface area (Å²) in [6.45, 7) is 0. The minimum absolute atomic E-state index is 0.0792. The van der Waals surface area contributed by atoms with E-state index in [9.17, 15) is 16.8 Å². The first-order chi connectivity index (χ1) is 9.09. The number of rotatable bonds is 3. The third kappa shape index (κ3) is 2.90. The van der Waals surface area contributed by atoms with Crippen LogP contribution in [0.25, 0.3) is 10.8 Å². The van der Waals surface area contributed by atoms with Crippen molar-refractivity contribution in [1.82, 2.24) is 0 Å². The molecule has 0 fully saturated rings. The third-order valence-corrected chi connectivity index (χ3v) is 4.34. The van der Waals surface area contributed by atoms with Gasteiger partial charge in [-0.25, -0.2) is 0 Å². The smallest absolute Gasteiger partial charge is 0.295 e. The molecule has 2 aromatic carbocycles. The molecule has 7 nitrogen and oxygen atoms in total.